The van der Waals surface area contributed by atoms with E-state index in [1.165, 1.54) is 6.07 Å². The summed E-state index contributed by atoms with van der Waals surface area (Å²) >= 11 is 0. The van der Waals surface area contributed by atoms with Crippen LogP contribution >= 0.6 is 12.4 Å². The van der Waals surface area contributed by atoms with Crippen molar-refractivity contribution >= 4 is 18.1 Å². The second kappa shape index (κ2) is 7.14. The fraction of sp³-hybridized carbons (Fsp3) is 0.357. The molecule has 1 N–H and O–H groups in total. The highest BCUT2D eigenvalue weighted by Crippen LogP contribution is 2.14. The molecule has 5 heteroatoms. The Morgan fingerprint density at radius 1 is 1.37 bits per heavy atom. The molecule has 19 heavy (non-hydrogen) atoms. The zero-order valence-corrected chi connectivity index (χ0v) is 12.0. The van der Waals surface area contributed by atoms with Gasteiger partial charge in [-0.3, -0.25) is 4.68 Å². The highest BCUT2D eigenvalue weighted by molar-refractivity contribution is 5.85. The summed E-state index contributed by atoms with van der Waals surface area (Å²) < 4.78 is 15.0. The molecule has 0 bridgehead atoms. The molecule has 0 aliphatic carbocycles. The number of hydrogen-bond donors (Lipinski definition) is 1. The van der Waals surface area contributed by atoms with Gasteiger partial charge in [0.15, 0.2) is 0 Å². The second-order valence-electron chi connectivity index (χ2n) is 4.37. The monoisotopic (exact) mass is 283 g/mol. The molecule has 0 saturated heterocycles. The molecule has 0 amide bonds. The molecule has 0 radical (unpaired) electrons. The Bertz CT molecular complexity index is 525. The molecule has 0 unspecified atom stereocenters. The highest BCUT2D eigenvalue weighted by Gasteiger charge is 2.04. The van der Waals surface area contributed by atoms with Crippen molar-refractivity contribution in [2.75, 3.05) is 5.32 Å². The smallest absolute Gasteiger partial charge is 0.123 e. The van der Waals surface area contributed by atoms with Crippen LogP contribution in [0, 0.1) is 12.7 Å². The largest absolute Gasteiger partial charge is 0.378 e. The Morgan fingerprint density at radius 3 is 2.84 bits per heavy atom. The van der Waals surface area contributed by atoms with Crippen molar-refractivity contribution in [1.82, 2.24) is 9.78 Å². The molecule has 0 aliphatic heterocycles. The zero-order valence-electron chi connectivity index (χ0n) is 11.2. The number of aromatic nitrogens is 2. The molecule has 1 aromatic carbocycles. The van der Waals surface area contributed by atoms with Crippen LogP contribution in [0.15, 0.2) is 30.5 Å². The SMILES string of the molecule is CCCn1cc(NCc2cccc(F)c2)c(C)n1.Cl. The third-order valence-corrected chi connectivity index (χ3v) is 2.77. The zero-order chi connectivity index (χ0) is 13.0. The lowest BCUT2D eigenvalue weighted by atomic mass is 10.2. The number of nitrogens with one attached hydrogen (secondary N) is 1. The lowest BCUT2D eigenvalue weighted by molar-refractivity contribution is 0.598. The molecule has 2 rings (SSSR count). The first-order chi connectivity index (χ1) is 8.69. The topological polar surface area (TPSA) is 29.9 Å². The van der Waals surface area contributed by atoms with Crippen molar-refractivity contribution in [2.45, 2.75) is 33.4 Å². The maximum Gasteiger partial charge on any atom is 0.123 e. The van der Waals surface area contributed by atoms with Crippen LogP contribution < -0.4 is 5.32 Å². The van der Waals surface area contributed by atoms with Gasteiger partial charge in [0, 0.05) is 19.3 Å². The predicted octanol–water partition coefficient (Wildman–Crippen LogP) is 3.77. The molecular weight excluding hydrogens is 265 g/mol. The first kappa shape index (κ1) is 15.5. The van der Waals surface area contributed by atoms with Gasteiger partial charge in [-0.05, 0) is 31.0 Å². The summed E-state index contributed by atoms with van der Waals surface area (Å²) in [6.45, 7) is 5.62. The van der Waals surface area contributed by atoms with Gasteiger partial charge >= 0.3 is 0 Å². The van der Waals surface area contributed by atoms with Crippen molar-refractivity contribution < 1.29 is 4.39 Å². The number of halogens is 2. The van der Waals surface area contributed by atoms with Gasteiger partial charge in [-0.1, -0.05) is 19.1 Å². The summed E-state index contributed by atoms with van der Waals surface area (Å²) in [7, 11) is 0. The van der Waals surface area contributed by atoms with E-state index < -0.39 is 0 Å². The minimum absolute atomic E-state index is 0. The first-order valence-electron chi connectivity index (χ1n) is 6.21. The lowest BCUT2D eigenvalue weighted by Gasteiger charge is -2.04. The van der Waals surface area contributed by atoms with Crippen molar-refractivity contribution in [3.05, 3.63) is 47.5 Å². The molecule has 2 aromatic rings. The van der Waals surface area contributed by atoms with Gasteiger partial charge in [0.25, 0.3) is 0 Å². The molecule has 1 aromatic heterocycles. The van der Waals surface area contributed by atoms with Crippen LogP contribution in [0.3, 0.4) is 0 Å². The molecule has 0 atom stereocenters. The summed E-state index contributed by atoms with van der Waals surface area (Å²) in [4.78, 5) is 0. The summed E-state index contributed by atoms with van der Waals surface area (Å²) in [6.07, 6.45) is 3.06. The fourth-order valence-electron chi connectivity index (χ4n) is 1.88. The third-order valence-electron chi connectivity index (χ3n) is 2.77. The van der Waals surface area contributed by atoms with E-state index >= 15 is 0 Å². The number of hydrogen-bond acceptors (Lipinski definition) is 2. The molecule has 0 fully saturated rings. The highest BCUT2D eigenvalue weighted by atomic mass is 35.5. The van der Waals surface area contributed by atoms with Crippen LogP contribution in [0.25, 0.3) is 0 Å². The average molecular weight is 284 g/mol. The molecule has 1 heterocycles. The number of rotatable bonds is 5. The standard InChI is InChI=1S/C14H18FN3.ClH/c1-3-7-18-10-14(11(2)17-18)16-9-12-5-4-6-13(15)8-12;/h4-6,8,10,16H,3,7,9H2,1-2H3;1H. The Labute approximate surface area is 119 Å². The molecular formula is C14H19ClFN3. The van der Waals surface area contributed by atoms with E-state index in [-0.39, 0.29) is 18.2 Å². The predicted molar refractivity (Wildman–Crippen MR) is 78.2 cm³/mol. The van der Waals surface area contributed by atoms with Crippen molar-refractivity contribution in [3.8, 4) is 0 Å². The first-order valence-corrected chi connectivity index (χ1v) is 6.21. The van der Waals surface area contributed by atoms with Crippen LogP contribution in [-0.2, 0) is 13.1 Å². The van der Waals surface area contributed by atoms with Gasteiger partial charge in [0.1, 0.15) is 5.82 Å². The Kier molecular flexibility index (Phi) is 5.83. The van der Waals surface area contributed by atoms with Gasteiger partial charge < -0.3 is 5.32 Å². The van der Waals surface area contributed by atoms with Crippen LogP contribution in [-0.4, -0.2) is 9.78 Å². The maximum atomic E-state index is 13.0. The number of nitrogens with zero attached hydrogens (tertiary/aromatic N) is 2. The third kappa shape index (κ3) is 4.24. The van der Waals surface area contributed by atoms with Crippen molar-refractivity contribution in [1.29, 1.82) is 0 Å². The molecule has 0 aliphatic rings. The minimum atomic E-state index is -0.201. The lowest BCUT2D eigenvalue weighted by Crippen LogP contribution is -2.00. The van der Waals surface area contributed by atoms with Gasteiger partial charge in [-0.25, -0.2) is 4.39 Å². The quantitative estimate of drug-likeness (QED) is 0.905. The second-order valence-corrected chi connectivity index (χ2v) is 4.37. The summed E-state index contributed by atoms with van der Waals surface area (Å²) in [6, 6.07) is 6.62. The van der Waals surface area contributed by atoms with E-state index in [2.05, 4.69) is 17.3 Å². The number of benzene rings is 1. The van der Waals surface area contributed by atoms with Crippen molar-refractivity contribution in [3.63, 3.8) is 0 Å². The Balaban J connectivity index is 0.00000180. The van der Waals surface area contributed by atoms with E-state index in [1.807, 2.05) is 23.9 Å². The Hall–Kier alpha value is -1.55. The fourth-order valence-corrected chi connectivity index (χ4v) is 1.88. The van der Waals surface area contributed by atoms with Crippen LogP contribution in [0.2, 0.25) is 0 Å². The van der Waals surface area contributed by atoms with Crippen LogP contribution in [0.1, 0.15) is 24.6 Å². The number of anilines is 1. The van der Waals surface area contributed by atoms with Gasteiger partial charge in [0.2, 0.25) is 0 Å². The maximum absolute atomic E-state index is 13.0. The average Bonchev–Trinajstić information content (AvgIpc) is 2.68. The van der Waals surface area contributed by atoms with E-state index in [0.717, 1.165) is 29.9 Å². The minimum Gasteiger partial charge on any atom is -0.378 e. The number of aryl methyl sites for hydroxylation is 2. The van der Waals surface area contributed by atoms with Gasteiger partial charge in [-0.15, -0.1) is 12.4 Å². The normalized spacial score (nSPS) is 10.1. The summed E-state index contributed by atoms with van der Waals surface area (Å²) in [5.74, 6) is -0.201. The molecule has 0 saturated carbocycles. The van der Waals surface area contributed by atoms with E-state index in [4.69, 9.17) is 0 Å². The Morgan fingerprint density at radius 2 is 2.16 bits per heavy atom. The van der Waals surface area contributed by atoms with Crippen LogP contribution in [0.4, 0.5) is 10.1 Å². The molecule has 104 valence electrons. The molecule has 3 nitrogen and oxygen atoms in total. The van der Waals surface area contributed by atoms with E-state index in [1.54, 1.807) is 12.1 Å². The van der Waals surface area contributed by atoms with E-state index in [9.17, 15) is 4.39 Å². The van der Waals surface area contributed by atoms with E-state index in [0.29, 0.717) is 6.54 Å². The van der Waals surface area contributed by atoms with Crippen LogP contribution in [0.5, 0.6) is 0 Å². The molecule has 0 spiro atoms. The summed E-state index contributed by atoms with van der Waals surface area (Å²) in [5.41, 5.74) is 2.91. The summed E-state index contributed by atoms with van der Waals surface area (Å²) in [5, 5.41) is 7.70. The van der Waals surface area contributed by atoms with Gasteiger partial charge in [0.05, 0.1) is 11.4 Å². The van der Waals surface area contributed by atoms with Crippen molar-refractivity contribution in [2.24, 2.45) is 0 Å². The van der Waals surface area contributed by atoms with Gasteiger partial charge in [-0.2, -0.15) is 5.10 Å².